The lowest BCUT2D eigenvalue weighted by molar-refractivity contribution is 0.144. The smallest absolute Gasteiger partial charge is 0.0589 e. The van der Waals surface area contributed by atoms with Crippen LogP contribution in [0, 0.1) is 0 Å². The molecule has 1 fully saturated rings. The predicted octanol–water partition coefficient (Wildman–Crippen LogP) is 1.04. The number of rotatable bonds is 4. The van der Waals surface area contributed by atoms with Crippen LogP contribution in [0.5, 0.6) is 0 Å². The van der Waals surface area contributed by atoms with E-state index in [2.05, 4.69) is 21.9 Å². The molecule has 1 aromatic carbocycles. The Labute approximate surface area is 103 Å². The van der Waals surface area contributed by atoms with Crippen LogP contribution in [-0.4, -0.2) is 51.3 Å². The summed E-state index contributed by atoms with van der Waals surface area (Å²) in [5.74, 6) is 0. The summed E-state index contributed by atoms with van der Waals surface area (Å²) in [6.07, 6.45) is 0. The molecule has 0 saturated carbocycles. The SMILES string of the molecule is COCCN1CCN(c2ccc(N)cc2)CC1. The van der Waals surface area contributed by atoms with Crippen LogP contribution >= 0.6 is 0 Å². The predicted molar refractivity (Wildman–Crippen MR) is 71.4 cm³/mol. The maximum Gasteiger partial charge on any atom is 0.0589 e. The number of ether oxygens (including phenoxy) is 1. The first-order valence-corrected chi connectivity index (χ1v) is 6.11. The first-order chi connectivity index (χ1) is 8.29. The number of nitrogens with two attached hydrogens (primary N) is 1. The summed E-state index contributed by atoms with van der Waals surface area (Å²) in [6, 6.07) is 8.12. The molecule has 0 amide bonds. The van der Waals surface area contributed by atoms with Gasteiger partial charge in [-0.3, -0.25) is 4.90 Å². The molecule has 0 atom stereocenters. The zero-order valence-electron chi connectivity index (χ0n) is 10.4. The van der Waals surface area contributed by atoms with E-state index in [0.717, 1.165) is 45.0 Å². The van der Waals surface area contributed by atoms with Crippen molar-refractivity contribution in [3.05, 3.63) is 24.3 Å². The average molecular weight is 235 g/mol. The molecule has 1 saturated heterocycles. The Morgan fingerprint density at radius 3 is 2.35 bits per heavy atom. The van der Waals surface area contributed by atoms with Gasteiger partial charge in [0, 0.05) is 51.2 Å². The lowest BCUT2D eigenvalue weighted by Crippen LogP contribution is -2.47. The second-order valence-electron chi connectivity index (χ2n) is 4.41. The summed E-state index contributed by atoms with van der Waals surface area (Å²) in [6.45, 7) is 6.22. The van der Waals surface area contributed by atoms with Crippen LogP contribution in [0.15, 0.2) is 24.3 Å². The molecule has 0 aliphatic carbocycles. The summed E-state index contributed by atoms with van der Waals surface area (Å²) < 4.78 is 5.10. The van der Waals surface area contributed by atoms with Crippen LogP contribution in [0.4, 0.5) is 11.4 Å². The lowest BCUT2D eigenvalue weighted by Gasteiger charge is -2.36. The molecule has 2 N–H and O–H groups in total. The number of nitrogen functional groups attached to an aromatic ring is 1. The minimum Gasteiger partial charge on any atom is -0.399 e. The van der Waals surface area contributed by atoms with Gasteiger partial charge in [0.25, 0.3) is 0 Å². The van der Waals surface area contributed by atoms with Gasteiger partial charge in [-0.05, 0) is 24.3 Å². The largest absolute Gasteiger partial charge is 0.399 e. The summed E-state index contributed by atoms with van der Waals surface area (Å²) in [5.41, 5.74) is 7.79. The van der Waals surface area contributed by atoms with Gasteiger partial charge in [0.1, 0.15) is 0 Å². The maximum atomic E-state index is 5.69. The van der Waals surface area contributed by atoms with Crippen molar-refractivity contribution in [3.8, 4) is 0 Å². The molecule has 94 valence electrons. The van der Waals surface area contributed by atoms with E-state index in [1.165, 1.54) is 5.69 Å². The third-order valence-electron chi connectivity index (χ3n) is 3.24. The topological polar surface area (TPSA) is 41.7 Å². The highest BCUT2D eigenvalue weighted by Gasteiger charge is 2.16. The molecular formula is C13H21N3O. The summed E-state index contributed by atoms with van der Waals surface area (Å²) in [4.78, 5) is 4.85. The quantitative estimate of drug-likeness (QED) is 0.792. The van der Waals surface area contributed by atoms with Crippen LogP contribution in [0.3, 0.4) is 0 Å². The van der Waals surface area contributed by atoms with E-state index in [4.69, 9.17) is 10.5 Å². The second kappa shape index (κ2) is 5.89. The van der Waals surface area contributed by atoms with Crippen molar-refractivity contribution in [1.29, 1.82) is 0 Å². The number of piperazine rings is 1. The summed E-state index contributed by atoms with van der Waals surface area (Å²) >= 11 is 0. The minimum absolute atomic E-state index is 0.821. The zero-order valence-corrected chi connectivity index (χ0v) is 10.4. The molecule has 1 aromatic rings. The molecule has 1 aliphatic heterocycles. The Morgan fingerprint density at radius 2 is 1.76 bits per heavy atom. The van der Waals surface area contributed by atoms with Crippen LogP contribution in [-0.2, 0) is 4.74 Å². The Bertz CT molecular complexity index is 331. The molecule has 4 heteroatoms. The summed E-state index contributed by atoms with van der Waals surface area (Å²) in [5, 5.41) is 0. The van der Waals surface area contributed by atoms with Crippen LogP contribution < -0.4 is 10.6 Å². The standard InChI is InChI=1S/C13H21N3O/c1-17-11-10-15-6-8-16(9-7-15)13-4-2-12(14)3-5-13/h2-5H,6-11,14H2,1H3. The van der Waals surface area contributed by atoms with Crippen molar-refractivity contribution < 1.29 is 4.74 Å². The molecule has 1 heterocycles. The number of benzene rings is 1. The average Bonchev–Trinajstić information content (AvgIpc) is 2.38. The van der Waals surface area contributed by atoms with E-state index in [-0.39, 0.29) is 0 Å². The van der Waals surface area contributed by atoms with Gasteiger partial charge in [-0.1, -0.05) is 0 Å². The van der Waals surface area contributed by atoms with Gasteiger partial charge in [-0.15, -0.1) is 0 Å². The van der Waals surface area contributed by atoms with Gasteiger partial charge in [0.2, 0.25) is 0 Å². The molecule has 4 nitrogen and oxygen atoms in total. The van der Waals surface area contributed by atoms with Gasteiger partial charge in [-0.2, -0.15) is 0 Å². The second-order valence-corrected chi connectivity index (χ2v) is 4.41. The number of hydrogen-bond donors (Lipinski definition) is 1. The molecule has 0 radical (unpaired) electrons. The Kier molecular flexibility index (Phi) is 4.23. The van der Waals surface area contributed by atoms with E-state index < -0.39 is 0 Å². The normalized spacial score (nSPS) is 17.4. The van der Waals surface area contributed by atoms with Crippen molar-refractivity contribution >= 4 is 11.4 Å². The number of nitrogens with zero attached hydrogens (tertiary/aromatic N) is 2. The van der Waals surface area contributed by atoms with Crippen molar-refractivity contribution in [3.63, 3.8) is 0 Å². The monoisotopic (exact) mass is 235 g/mol. The Hall–Kier alpha value is -1.26. The van der Waals surface area contributed by atoms with Gasteiger partial charge >= 0.3 is 0 Å². The van der Waals surface area contributed by atoms with E-state index in [9.17, 15) is 0 Å². The van der Waals surface area contributed by atoms with Crippen molar-refractivity contribution in [2.75, 3.05) is 57.1 Å². The summed E-state index contributed by atoms with van der Waals surface area (Å²) in [7, 11) is 1.75. The molecule has 2 rings (SSSR count). The van der Waals surface area contributed by atoms with E-state index in [1.54, 1.807) is 7.11 Å². The first kappa shape index (κ1) is 12.2. The van der Waals surface area contributed by atoms with E-state index in [0.29, 0.717) is 0 Å². The maximum absolute atomic E-state index is 5.69. The van der Waals surface area contributed by atoms with Crippen molar-refractivity contribution in [2.24, 2.45) is 0 Å². The molecule has 0 bridgehead atoms. The van der Waals surface area contributed by atoms with Crippen molar-refractivity contribution in [1.82, 2.24) is 4.90 Å². The minimum atomic E-state index is 0.821. The van der Waals surface area contributed by atoms with Crippen LogP contribution in [0.2, 0.25) is 0 Å². The number of hydrogen-bond acceptors (Lipinski definition) is 4. The fraction of sp³-hybridized carbons (Fsp3) is 0.538. The van der Waals surface area contributed by atoms with E-state index >= 15 is 0 Å². The van der Waals surface area contributed by atoms with Gasteiger partial charge in [0.15, 0.2) is 0 Å². The first-order valence-electron chi connectivity index (χ1n) is 6.11. The third kappa shape index (κ3) is 3.35. The molecule has 0 aromatic heterocycles. The lowest BCUT2D eigenvalue weighted by atomic mass is 10.2. The molecule has 1 aliphatic rings. The number of anilines is 2. The van der Waals surface area contributed by atoms with Gasteiger partial charge in [-0.25, -0.2) is 0 Å². The Balaban J connectivity index is 1.84. The third-order valence-corrected chi connectivity index (χ3v) is 3.24. The zero-order chi connectivity index (χ0) is 12.1. The Morgan fingerprint density at radius 1 is 1.12 bits per heavy atom. The molecule has 17 heavy (non-hydrogen) atoms. The van der Waals surface area contributed by atoms with Gasteiger partial charge < -0.3 is 15.4 Å². The number of methoxy groups -OCH3 is 1. The fourth-order valence-corrected chi connectivity index (χ4v) is 2.14. The van der Waals surface area contributed by atoms with Crippen LogP contribution in [0.25, 0.3) is 0 Å². The van der Waals surface area contributed by atoms with Crippen LogP contribution in [0.1, 0.15) is 0 Å². The highest BCUT2D eigenvalue weighted by Crippen LogP contribution is 2.17. The molecule has 0 spiro atoms. The molecule has 0 unspecified atom stereocenters. The fourth-order valence-electron chi connectivity index (χ4n) is 2.14. The highest BCUT2D eigenvalue weighted by atomic mass is 16.5. The molecular weight excluding hydrogens is 214 g/mol. The van der Waals surface area contributed by atoms with Crippen molar-refractivity contribution in [2.45, 2.75) is 0 Å². The van der Waals surface area contributed by atoms with E-state index in [1.807, 2.05) is 12.1 Å². The highest BCUT2D eigenvalue weighted by molar-refractivity contribution is 5.53. The van der Waals surface area contributed by atoms with Gasteiger partial charge in [0.05, 0.1) is 6.61 Å².